The van der Waals surface area contributed by atoms with E-state index in [1.54, 1.807) is 12.3 Å². The Hall–Kier alpha value is -1.96. The lowest BCUT2D eigenvalue weighted by Crippen LogP contribution is -2.66. The van der Waals surface area contributed by atoms with Gasteiger partial charge in [-0.1, -0.05) is 45.8 Å². The van der Waals surface area contributed by atoms with Gasteiger partial charge in [0.2, 0.25) is 0 Å². The zero-order valence-electron chi connectivity index (χ0n) is 21.1. The second-order valence-electron chi connectivity index (χ2n) is 12.4. The van der Waals surface area contributed by atoms with Gasteiger partial charge in [-0.05, 0) is 60.5 Å². The smallest absolute Gasteiger partial charge is 0.297 e. The minimum Gasteiger partial charge on any atom is -0.454 e. The van der Waals surface area contributed by atoms with Crippen molar-refractivity contribution in [2.24, 2.45) is 34.5 Å². The Morgan fingerprint density at radius 1 is 1.26 bits per heavy atom. The summed E-state index contributed by atoms with van der Waals surface area (Å²) in [5.74, 6) is -0.204. The van der Waals surface area contributed by atoms with Crippen molar-refractivity contribution < 1.29 is 24.9 Å². The molecule has 1 spiro atoms. The van der Waals surface area contributed by atoms with Crippen LogP contribution in [0.1, 0.15) is 65.8 Å². The second kappa shape index (κ2) is 7.53. The monoisotopic (exact) mass is 482 g/mol. The molecule has 3 N–H and O–H groups in total. The molecule has 1 heterocycles. The molecule has 6 rings (SSSR count). The molecule has 190 valence electrons. The molecule has 2 bridgehead atoms. The topological polar surface area (TPSA) is 105 Å². The average Bonchev–Trinajstić information content (AvgIpc) is 3.31. The summed E-state index contributed by atoms with van der Waals surface area (Å²) in [6.07, 6.45) is 10.1. The maximum atomic E-state index is 14.4. The van der Waals surface area contributed by atoms with Gasteiger partial charge in [-0.2, -0.15) is 0 Å². The van der Waals surface area contributed by atoms with Gasteiger partial charge in [-0.25, -0.2) is 4.98 Å². The molecule has 0 saturated heterocycles. The molecule has 0 amide bonds. The quantitative estimate of drug-likeness (QED) is 0.569. The maximum absolute atomic E-state index is 14.4. The number of carbonyl (C=O) groups is 1. The van der Waals surface area contributed by atoms with Gasteiger partial charge in [0.05, 0.1) is 12.0 Å². The number of Topliss-reactive ketones (excluding diaryl/α,β-unsaturated/α-hetero) is 1. The summed E-state index contributed by atoms with van der Waals surface area (Å²) >= 11 is 0. The van der Waals surface area contributed by atoms with Gasteiger partial charge in [-0.15, -0.1) is 0 Å². The standard InChI is InChI=1S/C28H38N2O5/c1-15-13-27-16(2)11-20-21(26(20,3)4)19(23(27)33)12-17(14-31)22(32)28(27,34)24(15)35-25-29-9-10-30(25)18-7-5-6-8-18/h9-10,12-13,16,18-22,24,31-32,34H,5-8,11,14H2,1-4H3/t16-,19+,20-,21+,22-,24+,27+,28+/m1/s1. The van der Waals surface area contributed by atoms with Gasteiger partial charge in [-0.3, -0.25) is 9.36 Å². The number of aliphatic hydroxyl groups excluding tert-OH is 2. The first-order valence-corrected chi connectivity index (χ1v) is 13.2. The number of ether oxygens (including phenoxy) is 1. The summed E-state index contributed by atoms with van der Waals surface area (Å²) in [6.45, 7) is 7.88. The van der Waals surface area contributed by atoms with Crippen molar-refractivity contribution in [1.82, 2.24) is 9.55 Å². The normalized spacial score (nSPS) is 44.1. The molecule has 5 aliphatic carbocycles. The van der Waals surface area contributed by atoms with Crippen LogP contribution in [0.5, 0.6) is 6.01 Å². The Morgan fingerprint density at radius 3 is 2.66 bits per heavy atom. The maximum Gasteiger partial charge on any atom is 0.297 e. The van der Waals surface area contributed by atoms with E-state index in [9.17, 15) is 20.1 Å². The van der Waals surface area contributed by atoms with Crippen LogP contribution < -0.4 is 4.74 Å². The minimum absolute atomic E-state index is 0.0139. The van der Waals surface area contributed by atoms with Crippen molar-refractivity contribution in [2.75, 3.05) is 6.61 Å². The molecule has 7 nitrogen and oxygen atoms in total. The van der Waals surface area contributed by atoms with Crippen LogP contribution >= 0.6 is 0 Å². The molecule has 8 atom stereocenters. The van der Waals surface area contributed by atoms with Gasteiger partial charge >= 0.3 is 0 Å². The minimum atomic E-state index is -1.94. The molecular formula is C28H38N2O5. The predicted octanol–water partition coefficient (Wildman–Crippen LogP) is 3.21. The molecule has 0 aromatic carbocycles. The van der Waals surface area contributed by atoms with Crippen LogP contribution in [0.3, 0.4) is 0 Å². The first-order valence-electron chi connectivity index (χ1n) is 13.2. The Bertz CT molecular complexity index is 1110. The Morgan fingerprint density at radius 2 is 1.97 bits per heavy atom. The lowest BCUT2D eigenvalue weighted by molar-refractivity contribution is -0.187. The second-order valence-corrected chi connectivity index (χ2v) is 12.4. The van der Waals surface area contributed by atoms with E-state index < -0.39 is 35.7 Å². The molecule has 5 aliphatic rings. The number of hydrogen-bond donors (Lipinski definition) is 3. The van der Waals surface area contributed by atoms with Crippen LogP contribution in [0.25, 0.3) is 0 Å². The molecule has 3 fully saturated rings. The van der Waals surface area contributed by atoms with Crippen LogP contribution in [0, 0.1) is 34.5 Å². The van der Waals surface area contributed by atoms with E-state index in [1.807, 2.05) is 30.7 Å². The highest BCUT2D eigenvalue weighted by molar-refractivity contribution is 5.95. The van der Waals surface area contributed by atoms with E-state index in [4.69, 9.17) is 4.74 Å². The number of carbonyl (C=O) groups excluding carboxylic acids is 1. The van der Waals surface area contributed by atoms with E-state index in [0.29, 0.717) is 23.5 Å². The molecule has 0 aliphatic heterocycles. The third kappa shape index (κ3) is 2.83. The van der Waals surface area contributed by atoms with Crippen LogP contribution in [0.4, 0.5) is 0 Å². The summed E-state index contributed by atoms with van der Waals surface area (Å²) in [5.41, 5.74) is -2.20. The van der Waals surface area contributed by atoms with Crippen molar-refractivity contribution in [2.45, 2.75) is 83.6 Å². The zero-order valence-corrected chi connectivity index (χ0v) is 21.1. The third-order valence-electron chi connectivity index (χ3n) is 10.5. The average molecular weight is 483 g/mol. The molecule has 1 aromatic heterocycles. The Kier molecular flexibility index (Phi) is 5.04. The number of hydrogen-bond acceptors (Lipinski definition) is 6. The predicted molar refractivity (Wildman–Crippen MR) is 130 cm³/mol. The number of fused-ring (bicyclic) bond motifs is 3. The fraction of sp³-hybridized carbons (Fsp3) is 0.714. The van der Waals surface area contributed by atoms with Crippen molar-refractivity contribution in [3.63, 3.8) is 0 Å². The Labute approximate surface area is 206 Å². The van der Waals surface area contributed by atoms with Crippen LogP contribution in [0.2, 0.25) is 0 Å². The number of imidazole rings is 1. The fourth-order valence-corrected chi connectivity index (χ4v) is 8.55. The van der Waals surface area contributed by atoms with Crippen molar-refractivity contribution in [3.8, 4) is 6.01 Å². The zero-order chi connectivity index (χ0) is 24.9. The molecule has 1 aromatic rings. The number of allylic oxidation sites excluding steroid dienone is 1. The van der Waals surface area contributed by atoms with E-state index in [-0.39, 0.29) is 23.0 Å². The highest BCUT2D eigenvalue weighted by Crippen LogP contribution is 2.71. The number of aliphatic hydroxyl groups is 3. The molecule has 0 unspecified atom stereocenters. The molecule has 35 heavy (non-hydrogen) atoms. The van der Waals surface area contributed by atoms with Gasteiger partial charge in [0, 0.05) is 24.4 Å². The van der Waals surface area contributed by atoms with Crippen molar-refractivity contribution in [3.05, 3.63) is 35.7 Å². The van der Waals surface area contributed by atoms with Gasteiger partial charge in [0.15, 0.2) is 17.5 Å². The highest BCUT2D eigenvalue weighted by Gasteiger charge is 2.76. The lowest BCUT2D eigenvalue weighted by Gasteiger charge is -2.48. The number of ketones is 1. The SMILES string of the molecule is CC1=C[C@]23C(=O)[C@@H](C=C(CO)[C@@H](O)[C@]2(O)[C@H]1Oc1nccn1C1CCCC1)[C@H]1[C@@H](C[C@H]3C)C1(C)C. The first-order chi connectivity index (χ1) is 16.6. The molecule has 7 heteroatoms. The summed E-state index contributed by atoms with van der Waals surface area (Å²) in [6, 6.07) is 0.700. The Balaban J connectivity index is 1.47. The first kappa shape index (κ1) is 23.4. The van der Waals surface area contributed by atoms with E-state index in [1.165, 1.54) is 0 Å². The number of nitrogens with zero attached hydrogens (tertiary/aromatic N) is 2. The number of rotatable bonds is 4. The molecular weight excluding hydrogens is 444 g/mol. The summed E-state index contributed by atoms with van der Waals surface area (Å²) in [4.78, 5) is 18.9. The fourth-order valence-electron chi connectivity index (χ4n) is 8.55. The summed E-state index contributed by atoms with van der Waals surface area (Å²) in [7, 11) is 0. The van der Waals surface area contributed by atoms with Gasteiger partial charge in [0.1, 0.15) is 6.10 Å². The van der Waals surface area contributed by atoms with E-state index in [2.05, 4.69) is 18.8 Å². The largest absolute Gasteiger partial charge is 0.454 e. The van der Waals surface area contributed by atoms with Gasteiger partial charge < -0.3 is 20.1 Å². The molecule has 0 radical (unpaired) electrons. The van der Waals surface area contributed by atoms with E-state index in [0.717, 1.165) is 37.7 Å². The van der Waals surface area contributed by atoms with Crippen LogP contribution in [0.15, 0.2) is 35.7 Å². The van der Waals surface area contributed by atoms with Crippen molar-refractivity contribution in [1.29, 1.82) is 0 Å². The van der Waals surface area contributed by atoms with Crippen molar-refractivity contribution >= 4 is 5.78 Å². The number of aromatic nitrogens is 2. The highest BCUT2D eigenvalue weighted by atomic mass is 16.5. The lowest BCUT2D eigenvalue weighted by atomic mass is 9.59. The van der Waals surface area contributed by atoms with Crippen LogP contribution in [-0.2, 0) is 4.79 Å². The summed E-state index contributed by atoms with van der Waals surface area (Å²) < 4.78 is 8.50. The molecule has 3 saturated carbocycles. The van der Waals surface area contributed by atoms with E-state index >= 15 is 0 Å². The van der Waals surface area contributed by atoms with Gasteiger partial charge in [0.25, 0.3) is 6.01 Å². The summed E-state index contributed by atoms with van der Waals surface area (Å²) in [5, 5.41) is 34.6. The van der Waals surface area contributed by atoms with Crippen LogP contribution in [-0.4, -0.2) is 55.1 Å². The third-order valence-corrected chi connectivity index (χ3v) is 10.5.